The first-order valence-electron chi connectivity index (χ1n) is 11.6. The molecule has 190 valence electrons. The molecule has 0 unspecified atom stereocenters. The minimum Gasteiger partial charge on any atom is -0.490 e. The predicted octanol–water partition coefficient (Wildman–Crippen LogP) is 6.30. The number of nitrogens with one attached hydrogen (secondary N) is 1. The zero-order valence-corrected chi connectivity index (χ0v) is 21.9. The Morgan fingerprint density at radius 3 is 2.54 bits per heavy atom. The van der Waals surface area contributed by atoms with Crippen LogP contribution in [-0.2, 0) is 16.2 Å². The standard InChI is InChI=1S/C28H25ClN2O5S/c1-3-35-24-14-19(12-13-23(24)36-17-20-9-5-6-10-21(20)29)15-25-27(33)31(28(34)37-25)16-26(32)30-22-11-7-4-8-18(22)2/h4-15H,3,16-17H2,1-2H3,(H,30,32)/b25-15+. The highest BCUT2D eigenvalue weighted by Crippen LogP contribution is 2.35. The second-order valence-electron chi connectivity index (χ2n) is 8.15. The molecule has 4 rings (SSSR count). The molecule has 1 heterocycles. The van der Waals surface area contributed by atoms with Crippen LogP contribution in [0, 0.1) is 6.92 Å². The number of para-hydroxylation sites is 1. The van der Waals surface area contributed by atoms with Crippen molar-refractivity contribution in [3.05, 3.63) is 93.3 Å². The minimum absolute atomic E-state index is 0.223. The third-order valence-corrected chi connectivity index (χ3v) is 6.78. The normalized spacial score (nSPS) is 14.2. The summed E-state index contributed by atoms with van der Waals surface area (Å²) in [5, 5.41) is 2.86. The Hall–Kier alpha value is -3.75. The lowest BCUT2D eigenvalue weighted by Crippen LogP contribution is -2.36. The average Bonchev–Trinajstić information content (AvgIpc) is 3.13. The van der Waals surface area contributed by atoms with E-state index in [1.165, 1.54) is 0 Å². The summed E-state index contributed by atoms with van der Waals surface area (Å²) in [6.07, 6.45) is 1.60. The number of hydrogen-bond donors (Lipinski definition) is 1. The van der Waals surface area contributed by atoms with E-state index in [9.17, 15) is 14.4 Å². The first-order valence-corrected chi connectivity index (χ1v) is 12.8. The van der Waals surface area contributed by atoms with Gasteiger partial charge in [0.15, 0.2) is 11.5 Å². The van der Waals surface area contributed by atoms with E-state index in [0.29, 0.717) is 34.4 Å². The van der Waals surface area contributed by atoms with E-state index < -0.39 is 17.1 Å². The van der Waals surface area contributed by atoms with Crippen LogP contribution < -0.4 is 14.8 Å². The van der Waals surface area contributed by atoms with Gasteiger partial charge in [-0.2, -0.15) is 0 Å². The summed E-state index contributed by atoms with van der Waals surface area (Å²) in [4.78, 5) is 39.1. The molecule has 37 heavy (non-hydrogen) atoms. The largest absolute Gasteiger partial charge is 0.490 e. The molecule has 3 amide bonds. The molecule has 1 saturated heterocycles. The topological polar surface area (TPSA) is 84.9 Å². The number of anilines is 1. The highest BCUT2D eigenvalue weighted by Gasteiger charge is 2.36. The van der Waals surface area contributed by atoms with E-state index in [4.69, 9.17) is 21.1 Å². The van der Waals surface area contributed by atoms with Crippen molar-refractivity contribution in [1.82, 2.24) is 4.90 Å². The van der Waals surface area contributed by atoms with Crippen LogP contribution in [0.15, 0.2) is 71.6 Å². The van der Waals surface area contributed by atoms with Crippen molar-refractivity contribution in [2.45, 2.75) is 20.5 Å². The Morgan fingerprint density at radius 1 is 1.03 bits per heavy atom. The lowest BCUT2D eigenvalue weighted by atomic mass is 10.1. The van der Waals surface area contributed by atoms with E-state index >= 15 is 0 Å². The van der Waals surface area contributed by atoms with Crippen molar-refractivity contribution in [3.63, 3.8) is 0 Å². The molecule has 3 aromatic carbocycles. The smallest absolute Gasteiger partial charge is 0.294 e. The first kappa shape index (κ1) is 26.3. The minimum atomic E-state index is -0.521. The number of carbonyl (C=O) groups excluding carboxylic acids is 3. The number of nitrogens with zero attached hydrogens (tertiary/aromatic N) is 1. The maximum Gasteiger partial charge on any atom is 0.294 e. The highest BCUT2D eigenvalue weighted by atomic mass is 35.5. The summed E-state index contributed by atoms with van der Waals surface area (Å²) in [6.45, 7) is 4.04. The van der Waals surface area contributed by atoms with Gasteiger partial charge in [0.25, 0.3) is 11.1 Å². The number of hydrogen-bond acceptors (Lipinski definition) is 6. The lowest BCUT2D eigenvalue weighted by molar-refractivity contribution is -0.127. The molecule has 0 aliphatic carbocycles. The second kappa shape index (κ2) is 12.0. The number of benzene rings is 3. The van der Waals surface area contributed by atoms with Gasteiger partial charge in [-0.3, -0.25) is 19.3 Å². The Balaban J connectivity index is 1.46. The molecular formula is C28H25ClN2O5S. The van der Waals surface area contributed by atoms with Crippen molar-refractivity contribution in [3.8, 4) is 11.5 Å². The van der Waals surface area contributed by atoms with Gasteiger partial charge in [0, 0.05) is 16.3 Å². The highest BCUT2D eigenvalue weighted by molar-refractivity contribution is 8.18. The zero-order chi connectivity index (χ0) is 26.4. The van der Waals surface area contributed by atoms with Crippen molar-refractivity contribution in [2.75, 3.05) is 18.5 Å². The zero-order valence-electron chi connectivity index (χ0n) is 20.3. The van der Waals surface area contributed by atoms with Crippen LogP contribution in [0.3, 0.4) is 0 Å². The SMILES string of the molecule is CCOc1cc(/C=C2/SC(=O)N(CC(=O)Nc3ccccc3C)C2=O)ccc1OCc1ccccc1Cl. The summed E-state index contributed by atoms with van der Waals surface area (Å²) in [6, 6.07) is 20.0. The van der Waals surface area contributed by atoms with E-state index in [2.05, 4.69) is 5.32 Å². The fourth-order valence-electron chi connectivity index (χ4n) is 3.61. The molecule has 0 aromatic heterocycles. The van der Waals surface area contributed by atoms with Crippen LogP contribution in [-0.4, -0.2) is 35.1 Å². The quantitative estimate of drug-likeness (QED) is 0.323. The van der Waals surface area contributed by atoms with Crippen LogP contribution in [0.4, 0.5) is 10.5 Å². The monoisotopic (exact) mass is 536 g/mol. The van der Waals surface area contributed by atoms with Gasteiger partial charge in [-0.1, -0.05) is 54.1 Å². The first-order chi connectivity index (χ1) is 17.9. The fourth-order valence-corrected chi connectivity index (χ4v) is 4.64. The maximum atomic E-state index is 12.9. The van der Waals surface area contributed by atoms with Gasteiger partial charge in [-0.25, -0.2) is 0 Å². The summed E-state index contributed by atoms with van der Waals surface area (Å²) >= 11 is 7.01. The third kappa shape index (κ3) is 6.53. The molecule has 0 spiro atoms. The van der Waals surface area contributed by atoms with Crippen LogP contribution in [0.1, 0.15) is 23.6 Å². The molecule has 1 aliphatic rings. The van der Waals surface area contributed by atoms with E-state index in [1.54, 1.807) is 42.5 Å². The van der Waals surface area contributed by atoms with E-state index in [0.717, 1.165) is 27.8 Å². The number of aryl methyl sites for hydroxylation is 1. The third-order valence-electron chi connectivity index (χ3n) is 5.50. The summed E-state index contributed by atoms with van der Waals surface area (Å²) in [7, 11) is 0. The average molecular weight is 537 g/mol. The molecule has 3 aromatic rings. The Bertz CT molecular complexity index is 1370. The summed E-state index contributed by atoms with van der Waals surface area (Å²) < 4.78 is 11.7. The fraction of sp³-hybridized carbons (Fsp3) is 0.179. The number of imide groups is 1. The van der Waals surface area contributed by atoms with Crippen molar-refractivity contribution < 1.29 is 23.9 Å². The van der Waals surface area contributed by atoms with Crippen molar-refractivity contribution in [2.24, 2.45) is 0 Å². The van der Waals surface area contributed by atoms with Gasteiger partial charge in [0.05, 0.1) is 11.5 Å². The summed E-state index contributed by atoms with van der Waals surface area (Å²) in [5.41, 5.74) is 3.02. The number of halogens is 1. The van der Waals surface area contributed by atoms with Crippen LogP contribution in [0.5, 0.6) is 11.5 Å². The van der Waals surface area contributed by atoms with Crippen LogP contribution >= 0.6 is 23.4 Å². The van der Waals surface area contributed by atoms with Crippen LogP contribution in [0.25, 0.3) is 6.08 Å². The molecule has 0 bridgehead atoms. The Morgan fingerprint density at radius 2 is 1.78 bits per heavy atom. The number of thioether (sulfide) groups is 1. The summed E-state index contributed by atoms with van der Waals surface area (Å²) in [5.74, 6) is 0.0588. The van der Waals surface area contributed by atoms with Crippen molar-refractivity contribution in [1.29, 1.82) is 0 Å². The molecule has 0 radical (unpaired) electrons. The molecule has 1 aliphatic heterocycles. The molecule has 7 nitrogen and oxygen atoms in total. The van der Waals surface area contributed by atoms with E-state index in [1.807, 2.05) is 44.2 Å². The molecule has 1 fully saturated rings. The Labute approximate surface area is 224 Å². The van der Waals surface area contributed by atoms with Gasteiger partial charge in [-0.15, -0.1) is 0 Å². The second-order valence-corrected chi connectivity index (χ2v) is 9.55. The maximum absolute atomic E-state index is 12.9. The number of carbonyl (C=O) groups is 3. The molecular weight excluding hydrogens is 512 g/mol. The predicted molar refractivity (Wildman–Crippen MR) is 146 cm³/mol. The number of ether oxygens (including phenoxy) is 2. The van der Waals surface area contributed by atoms with Gasteiger partial charge < -0.3 is 14.8 Å². The lowest BCUT2D eigenvalue weighted by Gasteiger charge is -2.14. The molecule has 9 heteroatoms. The van der Waals surface area contributed by atoms with Gasteiger partial charge in [0.1, 0.15) is 13.2 Å². The van der Waals surface area contributed by atoms with Gasteiger partial charge in [-0.05, 0) is 67.1 Å². The van der Waals surface area contributed by atoms with E-state index in [-0.39, 0.29) is 18.1 Å². The molecule has 1 N–H and O–H groups in total. The van der Waals surface area contributed by atoms with Crippen LogP contribution in [0.2, 0.25) is 5.02 Å². The number of rotatable bonds is 9. The van der Waals surface area contributed by atoms with Gasteiger partial charge in [0.2, 0.25) is 5.91 Å². The Kier molecular flexibility index (Phi) is 8.53. The van der Waals surface area contributed by atoms with Gasteiger partial charge >= 0.3 is 0 Å². The molecule has 0 atom stereocenters. The number of amides is 3. The van der Waals surface area contributed by atoms with Crippen molar-refractivity contribution >= 4 is 52.2 Å². The molecule has 0 saturated carbocycles.